The van der Waals surface area contributed by atoms with Crippen LogP contribution < -0.4 is 16.0 Å². The normalized spacial score (nSPS) is 23.2. The Morgan fingerprint density at radius 2 is 1.88 bits per heavy atom. The van der Waals surface area contributed by atoms with Crippen molar-refractivity contribution in [3.05, 3.63) is 35.9 Å². The van der Waals surface area contributed by atoms with Crippen LogP contribution in [0.2, 0.25) is 0 Å². The van der Waals surface area contributed by atoms with Crippen LogP contribution in [0.3, 0.4) is 0 Å². The zero-order valence-corrected chi connectivity index (χ0v) is 20.4. The Morgan fingerprint density at radius 3 is 2.56 bits per heavy atom. The van der Waals surface area contributed by atoms with E-state index in [2.05, 4.69) is 76.9 Å². The summed E-state index contributed by atoms with van der Waals surface area (Å²) >= 11 is 0. The zero-order chi connectivity index (χ0) is 22.8. The fourth-order valence-corrected chi connectivity index (χ4v) is 4.69. The Bertz CT molecular complexity index is 691. The minimum Gasteiger partial charge on any atom is -0.381 e. The van der Waals surface area contributed by atoms with Gasteiger partial charge in [-0.25, -0.2) is 0 Å². The quantitative estimate of drug-likeness (QED) is 0.401. The third-order valence-corrected chi connectivity index (χ3v) is 6.43. The van der Waals surface area contributed by atoms with Gasteiger partial charge in [-0.15, -0.1) is 0 Å². The van der Waals surface area contributed by atoms with Gasteiger partial charge in [-0.3, -0.25) is 9.89 Å². The van der Waals surface area contributed by atoms with Gasteiger partial charge in [0.15, 0.2) is 5.96 Å². The average Bonchev–Trinajstić information content (AvgIpc) is 2.80. The number of aliphatic imine (C=N–C) groups is 1. The molecule has 0 radical (unpaired) electrons. The highest BCUT2D eigenvalue weighted by Crippen LogP contribution is 2.25. The maximum absolute atomic E-state index is 5.98. The van der Waals surface area contributed by atoms with E-state index < -0.39 is 0 Å². The summed E-state index contributed by atoms with van der Waals surface area (Å²) in [5.74, 6) is 1.51. The van der Waals surface area contributed by atoms with Crippen molar-refractivity contribution in [3.63, 3.8) is 0 Å². The first-order valence-electron chi connectivity index (χ1n) is 12.2. The number of ether oxygens (including phenoxy) is 2. The number of hydrogen-bond donors (Lipinski definition) is 3. The maximum atomic E-state index is 5.98. The molecule has 2 aliphatic rings. The van der Waals surface area contributed by atoms with Crippen LogP contribution in [0.25, 0.3) is 0 Å². The fraction of sp³-hybridized carbons (Fsp3) is 0.720. The monoisotopic (exact) mass is 445 g/mol. The van der Waals surface area contributed by atoms with Gasteiger partial charge in [0.05, 0.1) is 12.7 Å². The second-order valence-corrected chi connectivity index (χ2v) is 9.62. The van der Waals surface area contributed by atoms with Crippen LogP contribution in [0.5, 0.6) is 0 Å². The Balaban J connectivity index is 1.51. The topological polar surface area (TPSA) is 70.2 Å². The molecule has 0 spiro atoms. The molecule has 1 aromatic rings. The Labute approximate surface area is 194 Å². The molecule has 0 saturated carbocycles. The molecule has 2 saturated heterocycles. The first kappa shape index (κ1) is 25.0. The molecule has 0 aliphatic carbocycles. The summed E-state index contributed by atoms with van der Waals surface area (Å²) in [6, 6.07) is 10.9. The highest BCUT2D eigenvalue weighted by atomic mass is 16.5. The minimum atomic E-state index is -0.0273. The van der Waals surface area contributed by atoms with Gasteiger partial charge < -0.3 is 25.4 Å². The van der Waals surface area contributed by atoms with Crippen molar-refractivity contribution in [1.82, 2.24) is 20.9 Å². The molecule has 2 atom stereocenters. The highest BCUT2D eigenvalue weighted by Gasteiger charge is 2.34. The molecule has 0 aromatic heterocycles. The number of nitrogens with zero attached hydrogens (tertiary/aromatic N) is 2. The van der Waals surface area contributed by atoms with Crippen molar-refractivity contribution in [2.75, 3.05) is 59.6 Å². The number of nitrogens with one attached hydrogen (secondary N) is 3. The molecule has 3 rings (SSSR count). The lowest BCUT2D eigenvalue weighted by atomic mass is 9.88. The van der Waals surface area contributed by atoms with Crippen LogP contribution >= 0.6 is 0 Å². The van der Waals surface area contributed by atoms with Gasteiger partial charge in [0.2, 0.25) is 0 Å². The van der Waals surface area contributed by atoms with Crippen molar-refractivity contribution < 1.29 is 9.47 Å². The van der Waals surface area contributed by atoms with Gasteiger partial charge in [-0.2, -0.15) is 0 Å². The molecule has 0 bridgehead atoms. The second kappa shape index (κ2) is 12.5. The van der Waals surface area contributed by atoms with Crippen LogP contribution in [0.1, 0.15) is 45.2 Å². The molecule has 7 heteroatoms. The van der Waals surface area contributed by atoms with E-state index in [9.17, 15) is 0 Å². The van der Waals surface area contributed by atoms with Gasteiger partial charge in [-0.05, 0) is 31.2 Å². The van der Waals surface area contributed by atoms with E-state index in [1.807, 2.05) is 7.05 Å². The molecule has 2 fully saturated rings. The van der Waals surface area contributed by atoms with Gasteiger partial charge in [0.25, 0.3) is 0 Å². The predicted molar refractivity (Wildman–Crippen MR) is 131 cm³/mol. The Morgan fingerprint density at radius 1 is 1.12 bits per heavy atom. The van der Waals surface area contributed by atoms with Crippen molar-refractivity contribution in [2.24, 2.45) is 10.9 Å². The first-order chi connectivity index (χ1) is 15.5. The number of rotatable bonds is 9. The van der Waals surface area contributed by atoms with Crippen LogP contribution in [-0.4, -0.2) is 82.1 Å². The first-order valence-corrected chi connectivity index (χ1v) is 12.2. The molecular weight excluding hydrogens is 402 g/mol. The van der Waals surface area contributed by atoms with E-state index in [0.29, 0.717) is 5.92 Å². The molecule has 2 aliphatic heterocycles. The second-order valence-electron chi connectivity index (χ2n) is 9.62. The SMILES string of the molecule is CN=C(NCC1CN(CC(C)C)CCO1)NCC1(NC(C)c2ccccc2)CCOCC1. The third-order valence-electron chi connectivity index (χ3n) is 6.43. The molecule has 2 heterocycles. The van der Waals surface area contributed by atoms with E-state index in [1.165, 1.54) is 5.56 Å². The summed E-state index contributed by atoms with van der Waals surface area (Å²) in [5, 5.41) is 11.0. The van der Waals surface area contributed by atoms with Crippen LogP contribution in [-0.2, 0) is 9.47 Å². The van der Waals surface area contributed by atoms with E-state index in [0.717, 1.165) is 71.3 Å². The summed E-state index contributed by atoms with van der Waals surface area (Å²) < 4.78 is 11.7. The van der Waals surface area contributed by atoms with Gasteiger partial charge in [-0.1, -0.05) is 44.2 Å². The molecule has 7 nitrogen and oxygen atoms in total. The smallest absolute Gasteiger partial charge is 0.191 e. The largest absolute Gasteiger partial charge is 0.381 e. The fourth-order valence-electron chi connectivity index (χ4n) is 4.69. The van der Waals surface area contributed by atoms with Crippen molar-refractivity contribution in [3.8, 4) is 0 Å². The van der Waals surface area contributed by atoms with Crippen molar-refractivity contribution >= 4 is 5.96 Å². The van der Waals surface area contributed by atoms with Crippen molar-refractivity contribution in [2.45, 2.75) is 51.3 Å². The van der Waals surface area contributed by atoms with Gasteiger partial charge >= 0.3 is 0 Å². The molecular formula is C25H43N5O2. The van der Waals surface area contributed by atoms with Gasteiger partial charge in [0, 0.05) is 64.6 Å². The molecule has 180 valence electrons. The van der Waals surface area contributed by atoms with E-state index in [1.54, 1.807) is 0 Å². The summed E-state index contributed by atoms with van der Waals surface area (Å²) in [6.07, 6.45) is 2.14. The van der Waals surface area contributed by atoms with E-state index in [4.69, 9.17) is 9.47 Å². The maximum Gasteiger partial charge on any atom is 0.191 e. The summed E-state index contributed by atoms with van der Waals surface area (Å²) in [5.41, 5.74) is 1.28. The standard InChI is InChI=1S/C25H43N5O2/c1-20(2)17-30-12-15-32-23(18-30)16-27-24(26-4)28-19-25(10-13-31-14-11-25)29-21(3)22-8-6-5-7-9-22/h5-9,20-21,23,29H,10-19H2,1-4H3,(H2,26,27,28). The number of morpholine rings is 1. The molecule has 3 N–H and O–H groups in total. The number of guanidine groups is 1. The van der Waals surface area contributed by atoms with E-state index >= 15 is 0 Å². The highest BCUT2D eigenvalue weighted by molar-refractivity contribution is 5.79. The lowest BCUT2D eigenvalue weighted by Crippen LogP contribution is -2.58. The van der Waals surface area contributed by atoms with Crippen molar-refractivity contribution in [1.29, 1.82) is 0 Å². The summed E-state index contributed by atoms with van der Waals surface area (Å²) in [7, 11) is 1.83. The predicted octanol–water partition coefficient (Wildman–Crippen LogP) is 2.41. The lowest BCUT2D eigenvalue weighted by molar-refractivity contribution is -0.0284. The van der Waals surface area contributed by atoms with Crippen LogP contribution in [0.15, 0.2) is 35.3 Å². The third kappa shape index (κ3) is 7.73. The molecule has 2 unspecified atom stereocenters. The van der Waals surface area contributed by atoms with Crippen LogP contribution in [0, 0.1) is 5.92 Å². The molecule has 1 aromatic carbocycles. The minimum absolute atomic E-state index is 0.0273. The summed E-state index contributed by atoms with van der Waals surface area (Å²) in [6.45, 7) is 13.8. The molecule has 0 amide bonds. The lowest BCUT2D eigenvalue weighted by Gasteiger charge is -2.41. The van der Waals surface area contributed by atoms with E-state index in [-0.39, 0.29) is 17.7 Å². The molecule has 32 heavy (non-hydrogen) atoms. The van der Waals surface area contributed by atoms with Crippen LogP contribution in [0.4, 0.5) is 0 Å². The zero-order valence-electron chi connectivity index (χ0n) is 20.4. The number of benzene rings is 1. The Hall–Kier alpha value is -1.67. The summed E-state index contributed by atoms with van der Waals surface area (Å²) in [4.78, 5) is 6.96. The average molecular weight is 446 g/mol. The Kier molecular flexibility index (Phi) is 9.78. The number of hydrogen-bond acceptors (Lipinski definition) is 5. The van der Waals surface area contributed by atoms with Gasteiger partial charge in [0.1, 0.15) is 0 Å².